The zero-order valence-corrected chi connectivity index (χ0v) is 8.33. The van der Waals surface area contributed by atoms with Crippen molar-refractivity contribution in [3.8, 4) is 0 Å². The van der Waals surface area contributed by atoms with E-state index in [0.717, 1.165) is 18.4 Å². The number of rotatable bonds is 4. The van der Waals surface area contributed by atoms with Gasteiger partial charge >= 0.3 is 0 Å². The summed E-state index contributed by atoms with van der Waals surface area (Å²) >= 11 is 0. The lowest BCUT2D eigenvalue weighted by Gasteiger charge is -2.05. The Morgan fingerprint density at radius 1 is 1.69 bits per heavy atom. The second-order valence-electron chi connectivity index (χ2n) is 3.40. The standard InChI is InChI=1S/C10H15NO2/c1-4-5-7(2)10(12)9-8(3)6-13-11-9/h6-7H,4-5H2,1-3H3. The van der Waals surface area contributed by atoms with Crippen LogP contribution in [-0.4, -0.2) is 10.9 Å². The summed E-state index contributed by atoms with van der Waals surface area (Å²) in [7, 11) is 0. The van der Waals surface area contributed by atoms with Crippen molar-refractivity contribution in [2.75, 3.05) is 0 Å². The van der Waals surface area contributed by atoms with Gasteiger partial charge in [-0.05, 0) is 13.3 Å². The van der Waals surface area contributed by atoms with Gasteiger partial charge in [0, 0.05) is 11.5 Å². The van der Waals surface area contributed by atoms with Crippen LogP contribution < -0.4 is 0 Å². The summed E-state index contributed by atoms with van der Waals surface area (Å²) in [5.74, 6) is 0.141. The highest BCUT2D eigenvalue weighted by molar-refractivity contribution is 5.96. The molecular weight excluding hydrogens is 166 g/mol. The molecule has 13 heavy (non-hydrogen) atoms. The van der Waals surface area contributed by atoms with E-state index in [-0.39, 0.29) is 11.7 Å². The van der Waals surface area contributed by atoms with E-state index in [9.17, 15) is 4.79 Å². The molecule has 1 rings (SSSR count). The van der Waals surface area contributed by atoms with Crippen LogP contribution in [0.5, 0.6) is 0 Å². The smallest absolute Gasteiger partial charge is 0.187 e. The van der Waals surface area contributed by atoms with E-state index in [1.807, 2.05) is 13.8 Å². The highest BCUT2D eigenvalue weighted by atomic mass is 16.5. The Kier molecular flexibility index (Phi) is 3.23. The molecule has 1 aromatic rings. The van der Waals surface area contributed by atoms with Crippen LogP contribution in [0.1, 0.15) is 42.7 Å². The number of hydrogen-bond donors (Lipinski definition) is 0. The maximum absolute atomic E-state index is 11.7. The number of carbonyl (C=O) groups is 1. The van der Waals surface area contributed by atoms with Crippen LogP contribution in [0.4, 0.5) is 0 Å². The van der Waals surface area contributed by atoms with Gasteiger partial charge in [0.15, 0.2) is 11.5 Å². The average molecular weight is 181 g/mol. The van der Waals surface area contributed by atoms with E-state index < -0.39 is 0 Å². The molecule has 1 aromatic heterocycles. The van der Waals surface area contributed by atoms with E-state index in [0.29, 0.717) is 5.69 Å². The molecule has 1 atom stereocenters. The van der Waals surface area contributed by atoms with Gasteiger partial charge in [-0.25, -0.2) is 0 Å². The predicted molar refractivity (Wildman–Crippen MR) is 49.6 cm³/mol. The van der Waals surface area contributed by atoms with E-state index in [1.54, 1.807) is 0 Å². The molecule has 0 N–H and O–H groups in total. The Labute approximate surface area is 78.1 Å². The molecule has 0 fully saturated rings. The van der Waals surface area contributed by atoms with Crippen molar-refractivity contribution in [2.45, 2.75) is 33.6 Å². The first-order valence-electron chi connectivity index (χ1n) is 4.62. The number of ketones is 1. The third-order valence-electron chi connectivity index (χ3n) is 2.15. The van der Waals surface area contributed by atoms with Gasteiger partial charge in [0.05, 0.1) is 0 Å². The highest BCUT2D eigenvalue weighted by Gasteiger charge is 2.19. The van der Waals surface area contributed by atoms with Crippen LogP contribution >= 0.6 is 0 Å². The fraction of sp³-hybridized carbons (Fsp3) is 0.600. The van der Waals surface area contributed by atoms with E-state index >= 15 is 0 Å². The lowest BCUT2D eigenvalue weighted by atomic mass is 9.97. The molecule has 0 radical (unpaired) electrons. The van der Waals surface area contributed by atoms with E-state index in [4.69, 9.17) is 4.52 Å². The normalized spacial score (nSPS) is 12.8. The summed E-state index contributed by atoms with van der Waals surface area (Å²) < 4.78 is 4.72. The van der Waals surface area contributed by atoms with Gasteiger partial charge in [0.2, 0.25) is 0 Å². The Balaban J connectivity index is 2.73. The monoisotopic (exact) mass is 181 g/mol. The molecule has 0 aliphatic rings. The molecule has 0 aliphatic heterocycles. The van der Waals surface area contributed by atoms with Gasteiger partial charge in [-0.15, -0.1) is 0 Å². The highest BCUT2D eigenvalue weighted by Crippen LogP contribution is 2.15. The predicted octanol–water partition coefficient (Wildman–Crippen LogP) is 2.60. The zero-order chi connectivity index (χ0) is 9.84. The first-order valence-corrected chi connectivity index (χ1v) is 4.62. The molecule has 1 heterocycles. The third-order valence-corrected chi connectivity index (χ3v) is 2.15. The van der Waals surface area contributed by atoms with Crippen molar-refractivity contribution in [1.29, 1.82) is 0 Å². The lowest BCUT2D eigenvalue weighted by Crippen LogP contribution is -2.12. The summed E-state index contributed by atoms with van der Waals surface area (Å²) in [6, 6.07) is 0. The number of aryl methyl sites for hydroxylation is 1. The van der Waals surface area contributed by atoms with Gasteiger partial charge < -0.3 is 4.52 Å². The Morgan fingerprint density at radius 3 is 2.85 bits per heavy atom. The summed E-state index contributed by atoms with van der Waals surface area (Å²) in [6.07, 6.45) is 3.43. The second-order valence-corrected chi connectivity index (χ2v) is 3.40. The number of Topliss-reactive ketones (excluding diaryl/α,β-unsaturated/α-hetero) is 1. The van der Waals surface area contributed by atoms with Crippen LogP contribution in [0.3, 0.4) is 0 Å². The number of carbonyl (C=O) groups excluding carboxylic acids is 1. The summed E-state index contributed by atoms with van der Waals surface area (Å²) in [6.45, 7) is 5.84. The molecule has 0 saturated heterocycles. The number of nitrogens with zero attached hydrogens (tertiary/aromatic N) is 1. The summed E-state index contributed by atoms with van der Waals surface area (Å²) in [5.41, 5.74) is 1.31. The van der Waals surface area contributed by atoms with Crippen molar-refractivity contribution in [3.05, 3.63) is 17.5 Å². The maximum Gasteiger partial charge on any atom is 0.187 e. The zero-order valence-electron chi connectivity index (χ0n) is 8.33. The van der Waals surface area contributed by atoms with Gasteiger partial charge in [-0.1, -0.05) is 25.4 Å². The minimum Gasteiger partial charge on any atom is -0.364 e. The molecule has 0 saturated carbocycles. The SMILES string of the molecule is CCCC(C)C(=O)c1nocc1C. The van der Waals surface area contributed by atoms with Crippen LogP contribution in [0, 0.1) is 12.8 Å². The minimum absolute atomic E-state index is 0.0498. The summed E-state index contributed by atoms with van der Waals surface area (Å²) in [4.78, 5) is 11.7. The molecule has 0 aliphatic carbocycles. The molecule has 72 valence electrons. The van der Waals surface area contributed by atoms with Crippen molar-refractivity contribution in [1.82, 2.24) is 5.16 Å². The fourth-order valence-corrected chi connectivity index (χ4v) is 1.32. The summed E-state index contributed by atoms with van der Waals surface area (Å²) in [5, 5.41) is 3.69. The largest absolute Gasteiger partial charge is 0.364 e. The number of aromatic nitrogens is 1. The van der Waals surface area contributed by atoms with Gasteiger partial charge in [-0.2, -0.15) is 0 Å². The van der Waals surface area contributed by atoms with E-state index in [2.05, 4.69) is 12.1 Å². The molecule has 3 nitrogen and oxygen atoms in total. The first kappa shape index (κ1) is 9.96. The number of hydrogen-bond acceptors (Lipinski definition) is 3. The minimum atomic E-state index is 0.0498. The van der Waals surface area contributed by atoms with Crippen LogP contribution in [0.15, 0.2) is 10.8 Å². The Hall–Kier alpha value is -1.12. The van der Waals surface area contributed by atoms with Crippen molar-refractivity contribution in [3.63, 3.8) is 0 Å². The topological polar surface area (TPSA) is 43.1 Å². The van der Waals surface area contributed by atoms with Crippen LogP contribution in [0.25, 0.3) is 0 Å². The average Bonchev–Trinajstić information content (AvgIpc) is 2.50. The second kappa shape index (κ2) is 4.21. The molecule has 0 aromatic carbocycles. The van der Waals surface area contributed by atoms with Gasteiger partial charge in [-0.3, -0.25) is 4.79 Å². The lowest BCUT2D eigenvalue weighted by molar-refractivity contribution is 0.0914. The van der Waals surface area contributed by atoms with Gasteiger partial charge in [0.1, 0.15) is 6.26 Å². The van der Waals surface area contributed by atoms with Crippen molar-refractivity contribution in [2.24, 2.45) is 5.92 Å². The van der Waals surface area contributed by atoms with Crippen molar-refractivity contribution < 1.29 is 9.32 Å². The Morgan fingerprint density at radius 2 is 2.38 bits per heavy atom. The van der Waals surface area contributed by atoms with Crippen molar-refractivity contribution >= 4 is 5.78 Å². The third kappa shape index (κ3) is 2.17. The molecule has 0 bridgehead atoms. The Bertz CT molecular complexity index is 291. The first-order chi connectivity index (χ1) is 6.16. The van der Waals surface area contributed by atoms with Crippen LogP contribution in [-0.2, 0) is 0 Å². The van der Waals surface area contributed by atoms with Crippen LogP contribution in [0.2, 0.25) is 0 Å². The molecule has 1 unspecified atom stereocenters. The molecular formula is C10H15NO2. The molecule has 3 heteroatoms. The molecule has 0 spiro atoms. The molecule has 0 amide bonds. The van der Waals surface area contributed by atoms with E-state index in [1.165, 1.54) is 6.26 Å². The maximum atomic E-state index is 11.7. The fourth-order valence-electron chi connectivity index (χ4n) is 1.32. The quantitative estimate of drug-likeness (QED) is 0.670. The van der Waals surface area contributed by atoms with Gasteiger partial charge in [0.25, 0.3) is 0 Å².